The van der Waals surface area contributed by atoms with Crippen molar-refractivity contribution in [2.45, 2.75) is 58.2 Å². The number of primary amides is 1. The van der Waals surface area contributed by atoms with E-state index in [2.05, 4.69) is 17.1 Å². The fourth-order valence-electron chi connectivity index (χ4n) is 2.79. The maximum atomic E-state index is 11.8. The Morgan fingerprint density at radius 3 is 2.63 bits per heavy atom. The minimum atomic E-state index is -0.652. The summed E-state index contributed by atoms with van der Waals surface area (Å²) in [4.78, 5) is 14.1. The lowest BCUT2D eigenvalue weighted by Gasteiger charge is -2.36. The van der Waals surface area contributed by atoms with Gasteiger partial charge in [-0.05, 0) is 40.5 Å². The molecule has 1 heterocycles. The number of carbonyl (C=O) groups is 1. The van der Waals surface area contributed by atoms with Crippen molar-refractivity contribution in [1.82, 2.24) is 10.2 Å². The number of nitrogens with two attached hydrogens (primary N) is 1. The van der Waals surface area contributed by atoms with Crippen LogP contribution < -0.4 is 11.1 Å². The standard InChI is InChI=1S/C14H29N3O2/c1-11(2)16-14(4,13(15)18)10-12(3)17-6-5-8-19-9-7-17/h11-12,16H,5-10H2,1-4H3,(H2,15,18). The normalized spacial score (nSPS) is 22.8. The molecule has 1 saturated heterocycles. The van der Waals surface area contributed by atoms with Gasteiger partial charge in [-0.3, -0.25) is 9.69 Å². The molecule has 0 bridgehead atoms. The predicted molar refractivity (Wildman–Crippen MR) is 77.0 cm³/mol. The smallest absolute Gasteiger partial charge is 0.237 e. The van der Waals surface area contributed by atoms with Crippen LogP contribution in [0.2, 0.25) is 0 Å². The van der Waals surface area contributed by atoms with Crippen molar-refractivity contribution in [2.75, 3.05) is 26.3 Å². The molecule has 19 heavy (non-hydrogen) atoms. The number of hydrogen-bond acceptors (Lipinski definition) is 4. The van der Waals surface area contributed by atoms with E-state index < -0.39 is 5.54 Å². The van der Waals surface area contributed by atoms with Crippen molar-refractivity contribution in [2.24, 2.45) is 5.73 Å². The molecule has 0 aromatic rings. The maximum Gasteiger partial charge on any atom is 0.237 e. The fourth-order valence-corrected chi connectivity index (χ4v) is 2.79. The highest BCUT2D eigenvalue weighted by Gasteiger charge is 2.34. The molecule has 3 N–H and O–H groups in total. The van der Waals surface area contributed by atoms with E-state index in [1.54, 1.807) is 0 Å². The quantitative estimate of drug-likeness (QED) is 0.747. The van der Waals surface area contributed by atoms with Crippen molar-refractivity contribution in [3.63, 3.8) is 0 Å². The van der Waals surface area contributed by atoms with Crippen LogP contribution in [0.25, 0.3) is 0 Å². The zero-order valence-corrected chi connectivity index (χ0v) is 12.7. The van der Waals surface area contributed by atoms with Crippen molar-refractivity contribution in [3.8, 4) is 0 Å². The van der Waals surface area contributed by atoms with Crippen molar-refractivity contribution >= 4 is 5.91 Å². The molecule has 5 nitrogen and oxygen atoms in total. The third-order valence-electron chi connectivity index (χ3n) is 3.73. The Balaban J connectivity index is 2.64. The topological polar surface area (TPSA) is 67.6 Å². The first-order valence-electron chi connectivity index (χ1n) is 7.24. The van der Waals surface area contributed by atoms with Crippen LogP contribution in [0.3, 0.4) is 0 Å². The van der Waals surface area contributed by atoms with Gasteiger partial charge >= 0.3 is 0 Å². The molecule has 1 amide bonds. The number of rotatable bonds is 6. The molecular weight excluding hydrogens is 242 g/mol. The Bertz CT molecular complexity index is 288. The maximum absolute atomic E-state index is 11.8. The second-order valence-corrected chi connectivity index (χ2v) is 6.05. The molecule has 0 aromatic carbocycles. The van der Waals surface area contributed by atoms with Crippen LogP contribution in [0.1, 0.15) is 40.5 Å². The summed E-state index contributed by atoms with van der Waals surface area (Å²) in [5.74, 6) is -0.279. The van der Waals surface area contributed by atoms with Crippen LogP contribution in [0.5, 0.6) is 0 Å². The van der Waals surface area contributed by atoms with Gasteiger partial charge in [0.1, 0.15) is 0 Å². The van der Waals surface area contributed by atoms with E-state index in [1.165, 1.54) is 0 Å². The van der Waals surface area contributed by atoms with Gasteiger partial charge in [0, 0.05) is 31.8 Å². The number of ether oxygens (including phenoxy) is 1. The summed E-state index contributed by atoms with van der Waals surface area (Å²) in [6.45, 7) is 11.7. The molecule has 0 saturated carbocycles. The summed E-state index contributed by atoms with van der Waals surface area (Å²) >= 11 is 0. The molecule has 1 rings (SSSR count). The van der Waals surface area contributed by atoms with Crippen LogP contribution in [0.4, 0.5) is 0 Å². The zero-order chi connectivity index (χ0) is 14.5. The van der Waals surface area contributed by atoms with Crippen LogP contribution in [-0.2, 0) is 9.53 Å². The monoisotopic (exact) mass is 271 g/mol. The molecule has 5 heteroatoms. The van der Waals surface area contributed by atoms with Gasteiger partial charge in [0.15, 0.2) is 0 Å². The lowest BCUT2D eigenvalue weighted by Crippen LogP contribution is -2.58. The van der Waals surface area contributed by atoms with Crippen molar-refractivity contribution < 1.29 is 9.53 Å². The molecule has 112 valence electrons. The molecule has 0 aliphatic carbocycles. The molecule has 1 aliphatic heterocycles. The number of nitrogens with zero attached hydrogens (tertiary/aromatic N) is 1. The average Bonchev–Trinajstić information content (AvgIpc) is 2.55. The van der Waals surface area contributed by atoms with Gasteiger partial charge in [0.2, 0.25) is 5.91 Å². The summed E-state index contributed by atoms with van der Waals surface area (Å²) in [6, 6.07) is 0.544. The Morgan fingerprint density at radius 1 is 1.37 bits per heavy atom. The van der Waals surface area contributed by atoms with Crippen LogP contribution in [-0.4, -0.2) is 54.7 Å². The SMILES string of the molecule is CC(C)NC(C)(CC(C)N1CCCOCC1)C(N)=O. The number of hydrogen-bond donors (Lipinski definition) is 2. The van der Waals surface area contributed by atoms with Gasteiger partial charge in [-0.1, -0.05) is 0 Å². The average molecular weight is 271 g/mol. The first-order chi connectivity index (χ1) is 8.85. The third-order valence-corrected chi connectivity index (χ3v) is 3.73. The Kier molecular flexibility index (Phi) is 6.23. The van der Waals surface area contributed by atoms with Gasteiger partial charge in [-0.2, -0.15) is 0 Å². The summed E-state index contributed by atoms with van der Waals surface area (Å²) in [6.07, 6.45) is 1.77. The fraction of sp³-hybridized carbons (Fsp3) is 0.929. The molecule has 1 aliphatic rings. The summed E-state index contributed by atoms with van der Waals surface area (Å²) in [5.41, 5.74) is 4.93. The summed E-state index contributed by atoms with van der Waals surface area (Å²) in [7, 11) is 0. The van der Waals surface area contributed by atoms with Gasteiger partial charge < -0.3 is 15.8 Å². The largest absolute Gasteiger partial charge is 0.380 e. The Hall–Kier alpha value is -0.650. The first-order valence-corrected chi connectivity index (χ1v) is 7.24. The minimum absolute atomic E-state index is 0.233. The third kappa shape index (κ3) is 5.09. The highest BCUT2D eigenvalue weighted by Crippen LogP contribution is 2.18. The van der Waals surface area contributed by atoms with E-state index >= 15 is 0 Å². The molecule has 0 aromatic heterocycles. The molecule has 2 atom stereocenters. The van der Waals surface area contributed by atoms with E-state index in [4.69, 9.17) is 10.5 Å². The molecule has 0 spiro atoms. The molecular formula is C14H29N3O2. The van der Waals surface area contributed by atoms with E-state index in [-0.39, 0.29) is 11.9 Å². The molecule has 2 unspecified atom stereocenters. The van der Waals surface area contributed by atoms with Gasteiger partial charge in [0.05, 0.1) is 12.1 Å². The zero-order valence-electron chi connectivity index (χ0n) is 12.7. The minimum Gasteiger partial charge on any atom is -0.380 e. The van der Waals surface area contributed by atoms with E-state index in [9.17, 15) is 4.79 Å². The molecule has 0 radical (unpaired) electrons. The second-order valence-electron chi connectivity index (χ2n) is 6.05. The van der Waals surface area contributed by atoms with Crippen LogP contribution >= 0.6 is 0 Å². The van der Waals surface area contributed by atoms with Crippen molar-refractivity contribution in [1.29, 1.82) is 0 Å². The Labute approximate surface area is 116 Å². The van der Waals surface area contributed by atoms with Gasteiger partial charge in [-0.25, -0.2) is 0 Å². The lowest BCUT2D eigenvalue weighted by atomic mass is 9.91. The van der Waals surface area contributed by atoms with E-state index in [0.717, 1.165) is 39.1 Å². The van der Waals surface area contributed by atoms with E-state index in [0.29, 0.717) is 6.04 Å². The van der Waals surface area contributed by atoms with E-state index in [1.807, 2.05) is 20.8 Å². The first kappa shape index (κ1) is 16.4. The summed E-state index contributed by atoms with van der Waals surface area (Å²) < 4.78 is 5.47. The number of amides is 1. The lowest BCUT2D eigenvalue weighted by molar-refractivity contribution is -0.124. The second kappa shape index (κ2) is 7.22. The number of nitrogens with one attached hydrogen (secondary N) is 1. The van der Waals surface area contributed by atoms with Gasteiger partial charge in [0.25, 0.3) is 0 Å². The molecule has 1 fully saturated rings. The highest BCUT2D eigenvalue weighted by molar-refractivity contribution is 5.84. The van der Waals surface area contributed by atoms with Gasteiger partial charge in [-0.15, -0.1) is 0 Å². The number of carbonyl (C=O) groups excluding carboxylic acids is 1. The van der Waals surface area contributed by atoms with Crippen LogP contribution in [0, 0.1) is 0 Å². The van der Waals surface area contributed by atoms with Crippen LogP contribution in [0.15, 0.2) is 0 Å². The summed E-state index contributed by atoms with van der Waals surface area (Å²) in [5, 5.41) is 3.31. The highest BCUT2D eigenvalue weighted by atomic mass is 16.5. The Morgan fingerprint density at radius 2 is 2.05 bits per heavy atom. The predicted octanol–water partition coefficient (Wildman–Crippen LogP) is 0.729. The van der Waals surface area contributed by atoms with Crippen molar-refractivity contribution in [3.05, 3.63) is 0 Å².